The maximum atomic E-state index is 12.6. The highest BCUT2D eigenvalue weighted by Crippen LogP contribution is 2.43. The van der Waals surface area contributed by atoms with Gasteiger partial charge in [0.1, 0.15) is 0 Å². The van der Waals surface area contributed by atoms with Gasteiger partial charge in [-0.25, -0.2) is 38.0 Å². The van der Waals surface area contributed by atoms with Crippen LogP contribution in [0, 0.1) is 47.3 Å². The Labute approximate surface area is 649 Å². The van der Waals surface area contributed by atoms with Crippen LogP contribution in [0.15, 0.2) is 195 Å². The number of carbonyl (C=O) groups is 4. The summed E-state index contributed by atoms with van der Waals surface area (Å²) in [6.07, 6.45) is 31.6. The summed E-state index contributed by atoms with van der Waals surface area (Å²) in [4.78, 5) is 67.9. The van der Waals surface area contributed by atoms with Gasteiger partial charge in [-0.1, -0.05) is 74.1 Å². The van der Waals surface area contributed by atoms with Gasteiger partial charge >= 0.3 is 0 Å². The number of nitrogens with one attached hydrogen (secondary N) is 4. The second-order valence-corrected chi connectivity index (χ2v) is 31.2. The van der Waals surface area contributed by atoms with E-state index in [-0.39, 0.29) is 47.3 Å². The molecule has 0 aliphatic heterocycles. The van der Waals surface area contributed by atoms with Gasteiger partial charge in [-0.05, 0) is 248 Å². The van der Waals surface area contributed by atoms with Crippen molar-refractivity contribution in [3.63, 3.8) is 0 Å². The second kappa shape index (κ2) is 36.1. The lowest BCUT2D eigenvalue weighted by Gasteiger charge is -2.32. The minimum Gasteiger partial charge on any atom is -0.326 e. The van der Waals surface area contributed by atoms with Crippen molar-refractivity contribution in [1.82, 2.24) is 58.4 Å². The highest BCUT2D eigenvalue weighted by Gasteiger charge is 2.35. The molecule has 0 bridgehead atoms. The first-order valence-corrected chi connectivity index (χ1v) is 39.4. The van der Waals surface area contributed by atoms with E-state index in [1.54, 1.807) is 73.3 Å². The van der Waals surface area contributed by atoms with E-state index in [1.807, 2.05) is 143 Å². The molecule has 4 amide bonds. The van der Waals surface area contributed by atoms with Crippen LogP contribution in [-0.4, -0.2) is 82.0 Å². The van der Waals surface area contributed by atoms with Crippen LogP contribution in [-0.2, 0) is 19.2 Å². The molecule has 12 aromatic rings. The average Bonchev–Trinajstić information content (AvgIpc) is 1.28. The highest BCUT2D eigenvalue weighted by atomic mass is 35.5. The van der Waals surface area contributed by atoms with Gasteiger partial charge in [0.05, 0.1) is 24.8 Å². The molecule has 4 saturated carbocycles. The van der Waals surface area contributed by atoms with Crippen molar-refractivity contribution < 1.29 is 19.2 Å². The van der Waals surface area contributed by atoms with Gasteiger partial charge in [-0.2, -0.15) is 20.4 Å². The van der Waals surface area contributed by atoms with Gasteiger partial charge < -0.3 is 21.3 Å². The molecule has 4 aromatic carbocycles. The van der Waals surface area contributed by atoms with Crippen LogP contribution in [0.4, 0.5) is 22.7 Å². The van der Waals surface area contributed by atoms with Crippen LogP contribution < -0.4 is 21.3 Å². The zero-order chi connectivity index (χ0) is 75.2. The number of benzene rings is 4. The summed E-state index contributed by atoms with van der Waals surface area (Å²) in [6.45, 7) is 8.14. The van der Waals surface area contributed by atoms with E-state index in [9.17, 15) is 19.2 Å². The third-order valence-electron chi connectivity index (χ3n) is 23.0. The summed E-state index contributed by atoms with van der Waals surface area (Å²) < 4.78 is 7.78. The van der Waals surface area contributed by atoms with E-state index in [0.29, 0.717) is 67.4 Å². The molecule has 0 spiro atoms. The van der Waals surface area contributed by atoms with Crippen LogP contribution in [0.2, 0.25) is 20.1 Å². The lowest BCUT2D eigenvalue weighted by molar-refractivity contribution is -0.122. The fraction of sp³-hybridized carbons (Fsp3) is 0.381. The van der Waals surface area contributed by atoms with E-state index in [1.165, 1.54) is 22.8 Å². The summed E-state index contributed by atoms with van der Waals surface area (Å²) in [5.41, 5.74) is 11.6. The fourth-order valence-electron chi connectivity index (χ4n) is 16.3. The van der Waals surface area contributed by atoms with Gasteiger partial charge in [0, 0.05) is 162 Å². The second-order valence-electron chi connectivity index (χ2n) is 29.5. The third-order valence-corrected chi connectivity index (χ3v) is 24.0. The molecule has 4 N–H and O–H groups in total. The molecule has 24 heteroatoms. The number of hydrogen-bond acceptors (Lipinski definition) is 12. The van der Waals surface area contributed by atoms with E-state index >= 15 is 0 Å². The largest absolute Gasteiger partial charge is 0.326 e. The Balaban J connectivity index is 0.000000127. The number of halogens is 4. The normalized spacial score (nSPS) is 21.1. The molecule has 4 atom stereocenters. The standard InChI is InChI=1S/4C21H23ClN4O/c4*1-14(21(27)25-18-8-6-17(22)7-9-18)15-2-4-16(5-3-15)19-10-12-23-20-11-13-24-26(19)20/h4*6-16H,2-5H2,1H3,(H,25,27). The first kappa shape index (κ1) is 76.6. The molecule has 4 fully saturated rings. The van der Waals surface area contributed by atoms with E-state index in [2.05, 4.69) is 85.9 Å². The molecular weight excluding hydrogens is 1440 g/mol. The van der Waals surface area contributed by atoms with Crippen LogP contribution >= 0.6 is 46.4 Å². The van der Waals surface area contributed by atoms with E-state index in [4.69, 9.17) is 46.4 Å². The molecule has 16 rings (SSSR count). The maximum absolute atomic E-state index is 12.6. The fourth-order valence-corrected chi connectivity index (χ4v) is 16.8. The molecule has 4 aliphatic carbocycles. The van der Waals surface area contributed by atoms with Crippen molar-refractivity contribution in [2.24, 2.45) is 47.3 Å². The lowest BCUT2D eigenvalue weighted by atomic mass is 9.75. The molecule has 108 heavy (non-hydrogen) atoms. The summed E-state index contributed by atoms with van der Waals surface area (Å²) in [7, 11) is 0. The Hall–Kier alpha value is -9.60. The average molecular weight is 1530 g/mol. The van der Waals surface area contributed by atoms with Gasteiger partial charge in [-0.15, -0.1) is 0 Å². The van der Waals surface area contributed by atoms with Gasteiger partial charge in [0.25, 0.3) is 0 Å². The molecule has 8 heterocycles. The summed E-state index contributed by atoms with van der Waals surface area (Å²) in [6, 6.07) is 45.0. The quantitative estimate of drug-likeness (QED) is 0.0707. The Bertz CT molecular complexity index is 4340. The highest BCUT2D eigenvalue weighted by molar-refractivity contribution is 6.31. The molecule has 4 unspecified atom stereocenters. The monoisotopic (exact) mass is 1530 g/mol. The maximum Gasteiger partial charge on any atom is 0.227 e. The molecule has 0 saturated heterocycles. The third kappa shape index (κ3) is 19.1. The number of rotatable bonds is 16. The number of hydrogen-bond donors (Lipinski definition) is 4. The zero-order valence-electron chi connectivity index (χ0n) is 61.2. The SMILES string of the molecule is CC(C(=O)Nc1ccc(Cl)cc1)C1CCC(c2ccnc3ccnn23)CC1.CC(C(=O)Nc1ccc(Cl)cc1)C1CCC(c2ccnc3ccnn23)CC1.CC(C(=O)Nc1ccc(Cl)cc1)C1CCC(c2ccnc3ccnn23)CC1.CC(C(=O)Nc1ccc(Cl)cc1)C1CCC(c2ccnc3ccnn23)CC1. The predicted molar refractivity (Wildman–Crippen MR) is 428 cm³/mol. The first-order valence-electron chi connectivity index (χ1n) is 37.9. The summed E-state index contributed by atoms with van der Waals surface area (Å²) in [5.74, 6) is 3.79. The van der Waals surface area contributed by atoms with Crippen molar-refractivity contribution in [2.45, 2.75) is 154 Å². The van der Waals surface area contributed by atoms with Gasteiger partial charge in [0.15, 0.2) is 22.6 Å². The zero-order valence-corrected chi connectivity index (χ0v) is 64.3. The van der Waals surface area contributed by atoms with E-state index < -0.39 is 0 Å². The molecule has 560 valence electrons. The van der Waals surface area contributed by atoms with Crippen LogP contribution in [0.1, 0.15) is 177 Å². The minimum atomic E-state index is -0.0104. The first-order chi connectivity index (χ1) is 52.5. The Morgan fingerprint density at radius 1 is 0.278 bits per heavy atom. The lowest BCUT2D eigenvalue weighted by Crippen LogP contribution is -2.29. The number of aromatic nitrogens is 12. The smallest absolute Gasteiger partial charge is 0.227 e. The number of carbonyl (C=O) groups excluding carboxylic acids is 4. The van der Waals surface area contributed by atoms with Crippen LogP contribution in [0.25, 0.3) is 22.6 Å². The summed E-state index contributed by atoms with van der Waals surface area (Å²) >= 11 is 23.6. The van der Waals surface area contributed by atoms with Crippen LogP contribution in [0.5, 0.6) is 0 Å². The molecule has 20 nitrogen and oxygen atoms in total. The number of fused-ring (bicyclic) bond motifs is 4. The van der Waals surface area contributed by atoms with Crippen molar-refractivity contribution in [1.29, 1.82) is 0 Å². The van der Waals surface area contributed by atoms with Gasteiger partial charge in [-0.3, -0.25) is 19.2 Å². The van der Waals surface area contributed by atoms with Crippen molar-refractivity contribution in [2.75, 3.05) is 21.3 Å². The minimum absolute atomic E-state index is 0.0104. The molecule has 8 aromatic heterocycles. The Morgan fingerprint density at radius 3 is 0.648 bits per heavy atom. The van der Waals surface area contributed by atoms with Crippen molar-refractivity contribution >= 4 is 115 Å². The summed E-state index contributed by atoms with van der Waals surface area (Å²) in [5, 5.41) is 32.4. The van der Waals surface area contributed by atoms with E-state index in [0.717, 1.165) is 148 Å². The number of nitrogens with zero attached hydrogens (tertiary/aromatic N) is 12. The number of anilines is 4. The molecule has 0 radical (unpaired) electrons. The van der Waals surface area contributed by atoms with Crippen molar-refractivity contribution in [3.05, 3.63) is 238 Å². The topological polar surface area (TPSA) is 237 Å². The molecular formula is C84H92Cl4N16O4. The Morgan fingerprint density at radius 2 is 0.463 bits per heavy atom. The number of amides is 4. The molecule has 4 aliphatic rings. The van der Waals surface area contributed by atoms with Gasteiger partial charge in [0.2, 0.25) is 23.6 Å². The van der Waals surface area contributed by atoms with Crippen molar-refractivity contribution in [3.8, 4) is 0 Å². The predicted octanol–water partition coefficient (Wildman–Crippen LogP) is 19.7. The van der Waals surface area contributed by atoms with Crippen LogP contribution in [0.3, 0.4) is 0 Å². The Kier molecular flexibility index (Phi) is 25.6.